The van der Waals surface area contributed by atoms with Crippen LogP contribution in [-0.4, -0.2) is 9.97 Å². The standard InChI is InChI=1S/C60H48N4.CH4/c1-3-40-17-7-11-26-50(40)58-39(2)63(48-24-15-21-46(36-48)60-61-54-29-13-12-27-52(54)59(62-60)51-28-16-20-41-18-8-10-25-49(41)51)56-34-33-42(37-53(56)58)43-31-32-45-35-44-19-9-14-30-55(44)64(57(45)38-43)47-22-5-4-6-23-47;/h3-8,10,12-18,20-25,27-34,36-38,50,58H,2,9,11,19,26,35H2,1H3;1H4/b40-3-;. The highest BCUT2D eigenvalue weighted by Gasteiger charge is 2.40. The summed E-state index contributed by atoms with van der Waals surface area (Å²) in [6.45, 7) is 7.12. The number of allylic oxidation sites excluding steroid dienone is 8. The molecule has 2 aliphatic carbocycles. The third kappa shape index (κ3) is 6.83. The summed E-state index contributed by atoms with van der Waals surface area (Å²) >= 11 is 0. The van der Waals surface area contributed by atoms with Gasteiger partial charge >= 0.3 is 0 Å². The highest BCUT2D eigenvalue weighted by molar-refractivity contribution is 6.03. The Balaban J connectivity index is 0.00000469. The molecule has 8 aromatic rings. The number of anilines is 4. The van der Waals surface area contributed by atoms with Gasteiger partial charge in [-0.25, -0.2) is 9.97 Å². The molecule has 0 spiro atoms. The Morgan fingerprint density at radius 1 is 0.631 bits per heavy atom. The largest absolute Gasteiger partial charge is 0.314 e. The Morgan fingerprint density at radius 2 is 1.38 bits per heavy atom. The molecule has 4 nitrogen and oxygen atoms in total. The molecule has 0 saturated heterocycles. The SMILES string of the molecule is C.C=C1C(C2CCC=C/C2=C/C)c2cc(-c3ccc4c(c3)N(c3ccccc3)C3=C(CCC=C3)C4)ccc2N1c1cccc(-c2nc(-c3cccc4ccccc34)c3ccccc3n2)c1. The van der Waals surface area contributed by atoms with Crippen molar-refractivity contribution in [3.8, 4) is 33.8 Å². The average molecular weight is 841 g/mol. The molecule has 0 N–H and O–H groups in total. The molecule has 0 radical (unpaired) electrons. The quantitative estimate of drug-likeness (QED) is 0.167. The van der Waals surface area contributed by atoms with Gasteiger partial charge in [0, 0.05) is 50.9 Å². The summed E-state index contributed by atoms with van der Waals surface area (Å²) in [4.78, 5) is 15.5. The zero-order valence-electron chi connectivity index (χ0n) is 36.1. The maximum atomic E-state index is 5.38. The van der Waals surface area contributed by atoms with Crippen LogP contribution in [0.15, 0.2) is 217 Å². The summed E-state index contributed by atoms with van der Waals surface area (Å²) in [7, 11) is 0. The van der Waals surface area contributed by atoms with Gasteiger partial charge in [0.15, 0.2) is 5.82 Å². The minimum Gasteiger partial charge on any atom is -0.314 e. The lowest BCUT2D eigenvalue weighted by atomic mass is 9.75. The van der Waals surface area contributed by atoms with Crippen LogP contribution in [0.1, 0.15) is 57.1 Å². The number of benzene rings is 7. The highest BCUT2D eigenvalue weighted by atomic mass is 15.2. The van der Waals surface area contributed by atoms with E-state index in [2.05, 4.69) is 205 Å². The molecule has 7 aromatic carbocycles. The van der Waals surface area contributed by atoms with Crippen LogP contribution in [0.3, 0.4) is 0 Å². The molecule has 4 heteroatoms. The normalized spacial score (nSPS) is 18.2. The maximum Gasteiger partial charge on any atom is 0.160 e. The van der Waals surface area contributed by atoms with E-state index in [1.807, 2.05) is 0 Å². The lowest BCUT2D eigenvalue weighted by Gasteiger charge is -2.36. The fraction of sp³-hybridized carbons (Fsp3) is 0.148. The number of nitrogens with zero attached hydrogens (tertiary/aromatic N) is 4. The van der Waals surface area contributed by atoms with Gasteiger partial charge in [0.2, 0.25) is 0 Å². The van der Waals surface area contributed by atoms with Crippen LogP contribution < -0.4 is 9.80 Å². The average Bonchev–Trinajstić information content (AvgIpc) is 3.65. The van der Waals surface area contributed by atoms with Crippen LogP contribution in [-0.2, 0) is 6.42 Å². The fourth-order valence-electron chi connectivity index (χ4n) is 10.9. The van der Waals surface area contributed by atoms with Crippen molar-refractivity contribution in [2.24, 2.45) is 5.92 Å². The Kier molecular flexibility index (Phi) is 10.2. The lowest BCUT2D eigenvalue weighted by Crippen LogP contribution is -2.24. The molecule has 1 aromatic heterocycles. The van der Waals surface area contributed by atoms with Crippen molar-refractivity contribution in [2.45, 2.75) is 52.4 Å². The van der Waals surface area contributed by atoms with E-state index in [0.29, 0.717) is 11.7 Å². The predicted octanol–water partition coefficient (Wildman–Crippen LogP) is 16.4. The Labute approximate surface area is 383 Å². The van der Waals surface area contributed by atoms with Gasteiger partial charge in [-0.15, -0.1) is 0 Å². The molecule has 2 unspecified atom stereocenters. The number of aromatic nitrogens is 2. The maximum absolute atomic E-state index is 5.38. The minimum absolute atomic E-state index is 0. The molecule has 2 atom stereocenters. The monoisotopic (exact) mass is 840 g/mol. The molecular formula is C61H52N4. The molecule has 65 heavy (non-hydrogen) atoms. The zero-order valence-corrected chi connectivity index (χ0v) is 36.1. The van der Waals surface area contributed by atoms with E-state index in [1.165, 1.54) is 66.9 Å². The molecule has 316 valence electrons. The van der Waals surface area contributed by atoms with Gasteiger partial charge in [-0.05, 0) is 144 Å². The molecule has 0 fully saturated rings. The van der Waals surface area contributed by atoms with Crippen molar-refractivity contribution in [3.05, 3.63) is 228 Å². The summed E-state index contributed by atoms with van der Waals surface area (Å²) in [5.74, 6) is 1.14. The second-order valence-corrected chi connectivity index (χ2v) is 17.6. The Bertz CT molecular complexity index is 3310. The third-order valence-corrected chi connectivity index (χ3v) is 13.9. The summed E-state index contributed by atoms with van der Waals surface area (Å²) in [6, 6.07) is 57.3. The first kappa shape index (κ1) is 40.2. The number of hydrogen-bond donors (Lipinski definition) is 0. The fourth-order valence-corrected chi connectivity index (χ4v) is 10.9. The van der Waals surface area contributed by atoms with Crippen molar-refractivity contribution >= 4 is 44.4 Å². The van der Waals surface area contributed by atoms with Crippen molar-refractivity contribution < 1.29 is 0 Å². The van der Waals surface area contributed by atoms with Gasteiger partial charge in [0.25, 0.3) is 0 Å². The predicted molar refractivity (Wildman–Crippen MR) is 274 cm³/mol. The molecule has 4 aliphatic rings. The molecule has 0 saturated carbocycles. The molecule has 0 bridgehead atoms. The van der Waals surface area contributed by atoms with Crippen molar-refractivity contribution in [3.63, 3.8) is 0 Å². The second kappa shape index (κ2) is 16.5. The van der Waals surface area contributed by atoms with Crippen LogP contribution >= 0.6 is 0 Å². The van der Waals surface area contributed by atoms with E-state index in [-0.39, 0.29) is 13.3 Å². The Hall–Kier alpha value is -7.56. The van der Waals surface area contributed by atoms with Crippen LogP contribution in [0, 0.1) is 5.92 Å². The first-order valence-electron chi connectivity index (χ1n) is 22.8. The summed E-state index contributed by atoms with van der Waals surface area (Å²) in [6.07, 6.45) is 17.0. The van der Waals surface area contributed by atoms with E-state index in [9.17, 15) is 0 Å². The zero-order chi connectivity index (χ0) is 42.7. The van der Waals surface area contributed by atoms with Gasteiger partial charge in [0.1, 0.15) is 0 Å². The molecule has 2 aliphatic heterocycles. The summed E-state index contributed by atoms with van der Waals surface area (Å²) in [5.41, 5.74) is 19.1. The number of hydrogen-bond acceptors (Lipinski definition) is 4. The molecule has 12 rings (SSSR count). The van der Waals surface area contributed by atoms with Crippen LogP contribution in [0.2, 0.25) is 0 Å². The number of para-hydroxylation sites is 2. The minimum atomic E-state index is 0. The molecule has 0 amide bonds. The van der Waals surface area contributed by atoms with Crippen LogP contribution in [0.25, 0.3) is 55.4 Å². The van der Waals surface area contributed by atoms with Crippen molar-refractivity contribution in [2.75, 3.05) is 9.80 Å². The van der Waals surface area contributed by atoms with Gasteiger partial charge in [0.05, 0.1) is 16.9 Å². The third-order valence-electron chi connectivity index (χ3n) is 13.9. The van der Waals surface area contributed by atoms with Gasteiger partial charge < -0.3 is 9.80 Å². The van der Waals surface area contributed by atoms with E-state index in [4.69, 9.17) is 16.5 Å². The van der Waals surface area contributed by atoms with Crippen LogP contribution in [0.5, 0.6) is 0 Å². The number of fused-ring (bicyclic) bond motifs is 4. The van der Waals surface area contributed by atoms with Crippen LogP contribution in [0.4, 0.5) is 22.7 Å². The summed E-state index contributed by atoms with van der Waals surface area (Å²) < 4.78 is 0. The van der Waals surface area contributed by atoms with Gasteiger partial charge in [-0.3, -0.25) is 0 Å². The summed E-state index contributed by atoms with van der Waals surface area (Å²) in [5, 5.41) is 3.41. The van der Waals surface area contributed by atoms with Crippen molar-refractivity contribution in [1.29, 1.82) is 0 Å². The molecular weight excluding hydrogens is 789 g/mol. The van der Waals surface area contributed by atoms with Crippen molar-refractivity contribution in [1.82, 2.24) is 9.97 Å². The lowest BCUT2D eigenvalue weighted by molar-refractivity contribution is 0.503. The van der Waals surface area contributed by atoms with E-state index >= 15 is 0 Å². The van der Waals surface area contributed by atoms with E-state index in [1.54, 1.807) is 0 Å². The first-order chi connectivity index (χ1) is 31.6. The van der Waals surface area contributed by atoms with E-state index in [0.717, 1.165) is 71.2 Å². The topological polar surface area (TPSA) is 32.3 Å². The smallest absolute Gasteiger partial charge is 0.160 e. The highest BCUT2D eigenvalue weighted by Crippen LogP contribution is 2.55. The Morgan fingerprint density at radius 3 is 2.28 bits per heavy atom. The number of rotatable bonds is 6. The molecule has 3 heterocycles. The van der Waals surface area contributed by atoms with Gasteiger partial charge in [-0.2, -0.15) is 0 Å². The van der Waals surface area contributed by atoms with E-state index < -0.39 is 0 Å². The van der Waals surface area contributed by atoms with Gasteiger partial charge in [-0.1, -0.05) is 148 Å². The second-order valence-electron chi connectivity index (χ2n) is 17.6. The first-order valence-corrected chi connectivity index (χ1v) is 22.8.